The van der Waals surface area contributed by atoms with Crippen LogP contribution in [-0.4, -0.2) is 29.8 Å². The van der Waals surface area contributed by atoms with E-state index in [0.29, 0.717) is 19.2 Å². The molecule has 0 aliphatic rings. The predicted octanol–water partition coefficient (Wildman–Crippen LogP) is 3.72. The Labute approximate surface area is 140 Å². The Morgan fingerprint density at radius 2 is 1.58 bits per heavy atom. The van der Waals surface area contributed by atoms with Crippen molar-refractivity contribution in [1.29, 1.82) is 0 Å². The fourth-order valence-corrected chi connectivity index (χ4v) is 2.25. The van der Waals surface area contributed by atoms with E-state index in [-0.39, 0.29) is 0 Å². The Kier molecular flexibility index (Phi) is 6.81. The molecule has 0 aliphatic heterocycles. The van der Waals surface area contributed by atoms with E-state index < -0.39 is 40.4 Å². The number of amides is 2. The Bertz CT molecular complexity index is 612. The van der Waals surface area contributed by atoms with Crippen molar-refractivity contribution in [3.8, 4) is 0 Å². The Balaban J connectivity index is 2.99. The molecule has 0 saturated heterocycles. The quantitative estimate of drug-likeness (QED) is 0.605. The number of carbonyl (C=O) groups excluding carboxylic acids is 2. The van der Waals surface area contributed by atoms with Gasteiger partial charge in [0.15, 0.2) is 17.5 Å². The highest BCUT2D eigenvalue weighted by atomic mass is 19.2. The normalized spacial score (nSPS) is 11.3. The van der Waals surface area contributed by atoms with Crippen LogP contribution in [0.2, 0.25) is 0 Å². The minimum Gasteiger partial charge on any atom is -0.342 e. The van der Waals surface area contributed by atoms with E-state index in [0.717, 1.165) is 18.9 Å². The summed E-state index contributed by atoms with van der Waals surface area (Å²) in [6.07, 6.45) is 1.47. The van der Waals surface area contributed by atoms with Crippen LogP contribution >= 0.6 is 0 Å². The van der Waals surface area contributed by atoms with Crippen LogP contribution in [0.1, 0.15) is 40.5 Å². The number of halogens is 3. The second kappa shape index (κ2) is 8.17. The van der Waals surface area contributed by atoms with Crippen LogP contribution in [0.25, 0.3) is 0 Å². The van der Waals surface area contributed by atoms with Gasteiger partial charge in [-0.1, -0.05) is 13.8 Å². The zero-order valence-corrected chi connectivity index (χ0v) is 14.4. The monoisotopic (exact) mass is 344 g/mol. The summed E-state index contributed by atoms with van der Waals surface area (Å²) < 4.78 is 39.9. The van der Waals surface area contributed by atoms with Crippen molar-refractivity contribution < 1.29 is 22.8 Å². The van der Waals surface area contributed by atoms with E-state index in [1.165, 1.54) is 13.8 Å². The molecule has 0 unspecified atom stereocenters. The molecule has 0 fully saturated rings. The molecule has 0 heterocycles. The third-order valence-corrected chi connectivity index (χ3v) is 3.66. The first-order chi connectivity index (χ1) is 11.2. The van der Waals surface area contributed by atoms with Crippen molar-refractivity contribution in [2.75, 3.05) is 18.4 Å². The fourth-order valence-electron chi connectivity index (χ4n) is 2.25. The zero-order chi connectivity index (χ0) is 18.5. The highest BCUT2D eigenvalue weighted by Crippen LogP contribution is 2.25. The van der Waals surface area contributed by atoms with Crippen molar-refractivity contribution >= 4 is 17.5 Å². The molecule has 1 aromatic carbocycles. The highest BCUT2D eigenvalue weighted by Gasteiger charge is 2.39. The molecule has 4 nitrogen and oxygen atoms in total. The Morgan fingerprint density at radius 1 is 1.04 bits per heavy atom. The number of hydrogen-bond acceptors (Lipinski definition) is 2. The summed E-state index contributed by atoms with van der Waals surface area (Å²) in [6, 6.07) is 1.63. The topological polar surface area (TPSA) is 49.4 Å². The van der Waals surface area contributed by atoms with E-state index in [9.17, 15) is 22.8 Å². The summed E-state index contributed by atoms with van der Waals surface area (Å²) in [7, 11) is 0. The molecule has 0 spiro atoms. The molecule has 0 bridgehead atoms. The van der Waals surface area contributed by atoms with Crippen LogP contribution in [-0.2, 0) is 9.59 Å². The first kappa shape index (κ1) is 20.0. The molecule has 1 rings (SSSR count). The number of nitrogens with zero attached hydrogens (tertiary/aromatic N) is 1. The largest absolute Gasteiger partial charge is 0.342 e. The van der Waals surface area contributed by atoms with Crippen LogP contribution in [0.5, 0.6) is 0 Å². The second-order valence-electron chi connectivity index (χ2n) is 6.09. The molecule has 2 amide bonds. The van der Waals surface area contributed by atoms with E-state index >= 15 is 0 Å². The van der Waals surface area contributed by atoms with Gasteiger partial charge in [-0.05, 0) is 38.8 Å². The fraction of sp³-hybridized carbons (Fsp3) is 0.529. The van der Waals surface area contributed by atoms with Crippen LogP contribution in [0, 0.1) is 22.9 Å². The second-order valence-corrected chi connectivity index (χ2v) is 6.09. The van der Waals surface area contributed by atoms with Gasteiger partial charge in [0, 0.05) is 13.1 Å². The molecular formula is C17H23F3N2O2. The van der Waals surface area contributed by atoms with Crippen molar-refractivity contribution in [3.05, 3.63) is 29.6 Å². The third-order valence-electron chi connectivity index (χ3n) is 3.66. The van der Waals surface area contributed by atoms with Gasteiger partial charge in [-0.3, -0.25) is 9.59 Å². The van der Waals surface area contributed by atoms with E-state index in [1.54, 1.807) is 4.90 Å². The summed E-state index contributed by atoms with van der Waals surface area (Å²) in [5.74, 6) is -5.69. The van der Waals surface area contributed by atoms with Crippen LogP contribution in [0.15, 0.2) is 12.1 Å². The molecule has 134 valence electrons. The van der Waals surface area contributed by atoms with Gasteiger partial charge in [0.1, 0.15) is 5.41 Å². The van der Waals surface area contributed by atoms with Crippen LogP contribution in [0.3, 0.4) is 0 Å². The number of nitrogens with one attached hydrogen (secondary N) is 1. The SMILES string of the molecule is CCCN(CCC)C(=O)C(C)(C)C(=O)Nc1ccc(F)c(F)c1F. The standard InChI is InChI=1S/C17H23F3N2O2/c1-5-9-22(10-6-2)16(24)17(3,4)15(23)21-12-8-7-11(18)13(19)14(12)20/h7-8H,5-6,9-10H2,1-4H3,(H,21,23). The smallest absolute Gasteiger partial charge is 0.239 e. The predicted molar refractivity (Wildman–Crippen MR) is 85.9 cm³/mol. The van der Waals surface area contributed by atoms with Gasteiger partial charge in [-0.15, -0.1) is 0 Å². The molecule has 0 aromatic heterocycles. The number of carbonyl (C=O) groups is 2. The summed E-state index contributed by atoms with van der Waals surface area (Å²) >= 11 is 0. The van der Waals surface area contributed by atoms with Gasteiger partial charge in [-0.2, -0.15) is 0 Å². The van der Waals surface area contributed by atoms with Gasteiger partial charge in [0.2, 0.25) is 11.8 Å². The van der Waals surface area contributed by atoms with Crippen molar-refractivity contribution in [1.82, 2.24) is 4.90 Å². The maximum absolute atomic E-state index is 13.7. The number of rotatable bonds is 7. The lowest BCUT2D eigenvalue weighted by atomic mass is 9.90. The number of anilines is 1. The Morgan fingerprint density at radius 3 is 2.08 bits per heavy atom. The molecule has 7 heteroatoms. The van der Waals surface area contributed by atoms with Crippen LogP contribution in [0.4, 0.5) is 18.9 Å². The lowest BCUT2D eigenvalue weighted by Gasteiger charge is -2.30. The maximum atomic E-state index is 13.7. The van der Waals surface area contributed by atoms with Crippen molar-refractivity contribution in [3.63, 3.8) is 0 Å². The molecule has 0 radical (unpaired) electrons. The number of hydrogen-bond donors (Lipinski definition) is 1. The minimum absolute atomic E-state index is 0.397. The summed E-state index contributed by atoms with van der Waals surface area (Å²) in [4.78, 5) is 26.6. The zero-order valence-electron chi connectivity index (χ0n) is 14.4. The lowest BCUT2D eigenvalue weighted by molar-refractivity contribution is -0.146. The van der Waals surface area contributed by atoms with Gasteiger partial charge in [0.25, 0.3) is 0 Å². The van der Waals surface area contributed by atoms with E-state index in [4.69, 9.17) is 0 Å². The maximum Gasteiger partial charge on any atom is 0.239 e. The van der Waals surface area contributed by atoms with Crippen molar-refractivity contribution in [2.45, 2.75) is 40.5 Å². The van der Waals surface area contributed by atoms with Gasteiger partial charge < -0.3 is 10.2 Å². The third kappa shape index (κ3) is 4.27. The van der Waals surface area contributed by atoms with Crippen LogP contribution < -0.4 is 5.32 Å². The average Bonchev–Trinajstić information content (AvgIpc) is 2.54. The molecule has 0 saturated carbocycles. The summed E-state index contributed by atoms with van der Waals surface area (Å²) in [5.41, 5.74) is -1.97. The molecular weight excluding hydrogens is 321 g/mol. The van der Waals surface area contributed by atoms with Gasteiger partial charge >= 0.3 is 0 Å². The first-order valence-electron chi connectivity index (χ1n) is 7.91. The minimum atomic E-state index is -1.67. The lowest BCUT2D eigenvalue weighted by Crippen LogP contribution is -2.48. The van der Waals surface area contributed by atoms with Crippen molar-refractivity contribution in [2.24, 2.45) is 5.41 Å². The molecule has 0 atom stereocenters. The molecule has 1 N–H and O–H groups in total. The van der Waals surface area contributed by atoms with Gasteiger partial charge in [0.05, 0.1) is 5.69 Å². The molecule has 24 heavy (non-hydrogen) atoms. The Hall–Kier alpha value is -2.05. The van der Waals surface area contributed by atoms with E-state index in [2.05, 4.69) is 5.32 Å². The van der Waals surface area contributed by atoms with Gasteiger partial charge in [-0.25, -0.2) is 13.2 Å². The summed E-state index contributed by atoms with van der Waals surface area (Å²) in [6.45, 7) is 7.67. The number of benzene rings is 1. The molecule has 1 aromatic rings. The average molecular weight is 344 g/mol. The first-order valence-corrected chi connectivity index (χ1v) is 7.91. The summed E-state index contributed by atoms with van der Waals surface area (Å²) in [5, 5.41) is 2.17. The van der Waals surface area contributed by atoms with E-state index in [1.807, 2.05) is 13.8 Å². The highest BCUT2D eigenvalue weighted by molar-refractivity contribution is 6.09. The molecule has 0 aliphatic carbocycles.